The molecule has 0 spiro atoms. The van der Waals surface area contributed by atoms with Crippen LogP contribution in [0.3, 0.4) is 0 Å². The van der Waals surface area contributed by atoms with Crippen molar-refractivity contribution in [1.29, 1.82) is 0 Å². The molecule has 6 atom stereocenters. The molecular weight excluding hydrogens is 777 g/mol. The standard InChI is InChI=1S/C40H48N4O13S/c1-22(45)51-20-33-35(53-23(2)46)36(54-24(3)47)37(55-25(4)48)38(56-33)58-21-27-18-44(43-42-27)17-26(16-34(49)57-40(5,6)7)41-39(50)52-19-32-30-14-10-8-12-28(30)29-13-9-11-15-31(29)32/h8-15,18,26,32-33,35-38H,16-17,19-21H2,1-7H3,(H,41,50)/t26-,33+,35+,36-,37-,38+/m0/s1. The summed E-state index contributed by atoms with van der Waals surface area (Å²) in [4.78, 5) is 74.4. The molecule has 3 aromatic rings. The quantitative estimate of drug-likeness (QED) is 0.168. The molecule has 0 unspecified atom stereocenters. The Bertz CT molecular complexity index is 1940. The van der Waals surface area contributed by atoms with Crippen LogP contribution in [0.5, 0.6) is 0 Å². The number of benzene rings is 2. The van der Waals surface area contributed by atoms with Gasteiger partial charge in [0.1, 0.15) is 30.4 Å². The Hall–Kier alpha value is -5.49. The van der Waals surface area contributed by atoms with Crippen LogP contribution in [0.25, 0.3) is 11.1 Å². The van der Waals surface area contributed by atoms with Crippen LogP contribution in [-0.4, -0.2) is 106 Å². The number of fused-ring (bicyclic) bond motifs is 3. The summed E-state index contributed by atoms with van der Waals surface area (Å²) in [5.74, 6) is -3.43. The molecule has 1 amide bonds. The van der Waals surface area contributed by atoms with E-state index in [9.17, 15) is 28.8 Å². The zero-order valence-electron chi connectivity index (χ0n) is 33.3. The van der Waals surface area contributed by atoms with Gasteiger partial charge in [-0.1, -0.05) is 53.7 Å². The number of alkyl carbamates (subject to hydrolysis) is 1. The van der Waals surface area contributed by atoms with Gasteiger partial charge in [-0.15, -0.1) is 16.9 Å². The van der Waals surface area contributed by atoms with Gasteiger partial charge < -0.3 is 38.5 Å². The smallest absolute Gasteiger partial charge is 0.407 e. The Morgan fingerprint density at radius 3 is 1.97 bits per heavy atom. The third-order valence-electron chi connectivity index (χ3n) is 8.84. The van der Waals surface area contributed by atoms with Crippen molar-refractivity contribution < 1.29 is 61.9 Å². The molecule has 5 rings (SSSR count). The number of hydrogen-bond acceptors (Lipinski definition) is 16. The van der Waals surface area contributed by atoms with Gasteiger partial charge in [0.2, 0.25) is 0 Å². The molecule has 0 bridgehead atoms. The number of hydrogen-bond donors (Lipinski definition) is 1. The highest BCUT2D eigenvalue weighted by Crippen LogP contribution is 2.44. The average molecular weight is 825 g/mol. The molecule has 17 nitrogen and oxygen atoms in total. The summed E-state index contributed by atoms with van der Waals surface area (Å²) in [7, 11) is 0. The molecule has 1 N–H and O–H groups in total. The Morgan fingerprint density at radius 2 is 1.38 bits per heavy atom. The van der Waals surface area contributed by atoms with Gasteiger partial charge >= 0.3 is 35.9 Å². The number of carbonyl (C=O) groups excluding carboxylic acids is 6. The van der Waals surface area contributed by atoms with Crippen molar-refractivity contribution in [3.05, 3.63) is 71.5 Å². The lowest BCUT2D eigenvalue weighted by Gasteiger charge is -2.44. The molecule has 0 saturated carbocycles. The number of rotatable bonds is 15. The highest BCUT2D eigenvalue weighted by molar-refractivity contribution is 7.99. The Kier molecular flexibility index (Phi) is 14.5. The second-order valence-corrected chi connectivity index (χ2v) is 15.9. The van der Waals surface area contributed by atoms with Crippen molar-refractivity contribution >= 4 is 47.7 Å². The highest BCUT2D eigenvalue weighted by Gasteiger charge is 2.52. The van der Waals surface area contributed by atoms with E-state index in [1.807, 2.05) is 48.5 Å². The minimum Gasteiger partial charge on any atom is -0.463 e. The largest absolute Gasteiger partial charge is 0.463 e. The fourth-order valence-electron chi connectivity index (χ4n) is 6.76. The highest BCUT2D eigenvalue weighted by atomic mass is 32.2. The summed E-state index contributed by atoms with van der Waals surface area (Å²) >= 11 is 1.11. The SMILES string of the molecule is CC(=O)OC[C@H]1O[C@H](SCc2cn(C[C@H](CC(=O)OC(C)(C)C)NC(=O)OCC3c4ccccc4-c4ccccc43)nn2)[C@@H](OC(C)=O)[C@@H](OC(C)=O)[C@@H]1OC(C)=O. The zero-order chi connectivity index (χ0) is 42.1. The molecule has 2 aromatic carbocycles. The minimum absolute atomic E-state index is 0.0140. The van der Waals surface area contributed by atoms with Crippen molar-refractivity contribution in [3.63, 3.8) is 0 Å². The molecule has 18 heteroatoms. The van der Waals surface area contributed by atoms with E-state index in [1.165, 1.54) is 11.6 Å². The van der Waals surface area contributed by atoms with E-state index in [1.54, 1.807) is 27.0 Å². The van der Waals surface area contributed by atoms with E-state index in [0.717, 1.165) is 54.8 Å². The summed E-state index contributed by atoms with van der Waals surface area (Å²) in [6.07, 6.45) is -4.28. The van der Waals surface area contributed by atoms with E-state index in [-0.39, 0.29) is 37.9 Å². The van der Waals surface area contributed by atoms with Gasteiger partial charge in [0.15, 0.2) is 18.3 Å². The molecule has 0 radical (unpaired) electrons. The first-order chi connectivity index (χ1) is 27.5. The molecule has 1 aliphatic heterocycles. The molecule has 58 heavy (non-hydrogen) atoms. The first-order valence-electron chi connectivity index (χ1n) is 18.6. The van der Waals surface area contributed by atoms with E-state index in [4.69, 9.17) is 33.2 Å². The monoisotopic (exact) mass is 824 g/mol. The van der Waals surface area contributed by atoms with E-state index >= 15 is 0 Å². The molecule has 1 fully saturated rings. The van der Waals surface area contributed by atoms with Crippen molar-refractivity contribution in [1.82, 2.24) is 20.3 Å². The number of nitrogens with zero attached hydrogens (tertiary/aromatic N) is 3. The molecule has 1 saturated heterocycles. The lowest BCUT2D eigenvalue weighted by Crippen LogP contribution is -2.61. The number of aromatic nitrogens is 3. The molecule has 1 aromatic heterocycles. The minimum atomic E-state index is -1.31. The second-order valence-electron chi connectivity index (χ2n) is 14.8. The summed E-state index contributed by atoms with van der Waals surface area (Å²) in [5, 5.41) is 11.2. The Balaban J connectivity index is 1.29. The zero-order valence-corrected chi connectivity index (χ0v) is 34.1. The summed E-state index contributed by atoms with van der Waals surface area (Å²) in [5.41, 5.74) is 2.92. The predicted molar refractivity (Wildman–Crippen MR) is 206 cm³/mol. The third-order valence-corrected chi connectivity index (χ3v) is 10.0. The maximum Gasteiger partial charge on any atom is 0.407 e. The van der Waals surface area contributed by atoms with Crippen LogP contribution in [0, 0.1) is 0 Å². The normalized spacial score (nSPS) is 20.4. The van der Waals surface area contributed by atoms with Crippen LogP contribution in [-0.2, 0) is 69.4 Å². The predicted octanol–water partition coefficient (Wildman–Crippen LogP) is 4.23. The van der Waals surface area contributed by atoms with Gasteiger partial charge in [-0.3, -0.25) is 28.7 Å². The molecular formula is C40H48N4O13S. The topological polar surface area (TPSA) is 210 Å². The maximum atomic E-state index is 13.3. The van der Waals surface area contributed by atoms with Crippen molar-refractivity contribution in [2.45, 2.75) is 115 Å². The molecule has 2 aliphatic rings. The van der Waals surface area contributed by atoms with Crippen LogP contribution in [0.2, 0.25) is 0 Å². The maximum absolute atomic E-state index is 13.3. The number of carbonyl (C=O) groups is 6. The number of ether oxygens (including phenoxy) is 7. The van der Waals surface area contributed by atoms with Gasteiger partial charge in [-0.05, 0) is 43.0 Å². The van der Waals surface area contributed by atoms with Crippen molar-refractivity contribution in [2.75, 3.05) is 13.2 Å². The Labute approximate surface area is 339 Å². The van der Waals surface area contributed by atoms with E-state index in [2.05, 4.69) is 15.6 Å². The third kappa shape index (κ3) is 12.0. The molecule has 1 aliphatic carbocycles. The summed E-state index contributed by atoms with van der Waals surface area (Å²) < 4.78 is 40.6. The fourth-order valence-corrected chi connectivity index (χ4v) is 7.85. The van der Waals surface area contributed by atoms with E-state index < -0.39 is 77.4 Å². The van der Waals surface area contributed by atoms with Gasteiger partial charge in [0, 0.05) is 45.6 Å². The first kappa shape index (κ1) is 43.6. The first-order valence-corrected chi connectivity index (χ1v) is 19.7. The fraction of sp³-hybridized carbons (Fsp3) is 0.500. The van der Waals surface area contributed by atoms with Gasteiger partial charge in [0.05, 0.1) is 24.7 Å². The average Bonchev–Trinajstić information content (AvgIpc) is 3.71. The lowest BCUT2D eigenvalue weighted by atomic mass is 9.98. The van der Waals surface area contributed by atoms with Crippen LogP contribution in [0.15, 0.2) is 54.7 Å². The van der Waals surface area contributed by atoms with Crippen LogP contribution >= 0.6 is 11.8 Å². The number of esters is 5. The van der Waals surface area contributed by atoms with Gasteiger partial charge in [-0.25, -0.2) is 4.79 Å². The summed E-state index contributed by atoms with van der Waals surface area (Å²) in [6, 6.07) is 15.1. The van der Waals surface area contributed by atoms with Crippen LogP contribution < -0.4 is 5.32 Å². The Morgan fingerprint density at radius 1 is 0.793 bits per heavy atom. The molecule has 312 valence electrons. The number of nitrogens with one attached hydrogen (secondary N) is 1. The second kappa shape index (κ2) is 19.3. The van der Waals surface area contributed by atoms with Crippen LogP contribution in [0.4, 0.5) is 4.79 Å². The number of amides is 1. The molecule has 2 heterocycles. The van der Waals surface area contributed by atoms with E-state index in [0.29, 0.717) is 5.69 Å². The van der Waals surface area contributed by atoms with Gasteiger partial charge in [0.25, 0.3) is 0 Å². The van der Waals surface area contributed by atoms with Gasteiger partial charge in [-0.2, -0.15) is 0 Å². The number of thioether (sulfide) groups is 1. The van der Waals surface area contributed by atoms with Crippen LogP contribution in [0.1, 0.15) is 77.6 Å². The summed E-state index contributed by atoms with van der Waals surface area (Å²) in [6.45, 7) is 9.59. The van der Waals surface area contributed by atoms with Crippen molar-refractivity contribution in [3.8, 4) is 11.1 Å². The lowest BCUT2D eigenvalue weighted by molar-refractivity contribution is -0.237. The van der Waals surface area contributed by atoms with Crippen molar-refractivity contribution in [2.24, 2.45) is 0 Å².